The zero-order chi connectivity index (χ0) is 58.9. The Balaban J connectivity index is 0. The van der Waals surface area contributed by atoms with Crippen molar-refractivity contribution in [2.75, 3.05) is 19.8 Å². The predicted octanol–water partition coefficient (Wildman–Crippen LogP) is 12.9. The lowest BCUT2D eigenvalue weighted by atomic mass is 9.87. The lowest BCUT2D eigenvalue weighted by Gasteiger charge is -2.43. The molecule has 0 saturated heterocycles. The van der Waals surface area contributed by atoms with Crippen molar-refractivity contribution in [3.63, 3.8) is 0 Å². The molecule has 0 spiro atoms. The molecule has 0 aromatic rings. The summed E-state index contributed by atoms with van der Waals surface area (Å²) in [5, 5.41) is 8.28. The van der Waals surface area contributed by atoms with Crippen LogP contribution in [0.4, 0.5) is 167 Å². The summed E-state index contributed by atoms with van der Waals surface area (Å²) in [7, 11) is -7.07. The SMILES string of the molecule is CC(C)(N)CO.O=P(O)(OCCC(F)(F)C(F)(F)C(F)(F)C(F)(F)C(F)(F)C(F)(F)C(F)(F)C(F)(F)C(F)(F)F)OCCC(F)(F)C(F)(F)C(F)(F)C(F)(F)C(F)(F)C(F)(F)C(F)(F)C(F)(F)C(F)(F)F. The van der Waals surface area contributed by atoms with Gasteiger partial charge >= 0.3 is 115 Å². The molecule has 6 nitrogen and oxygen atoms in total. The van der Waals surface area contributed by atoms with Crippen LogP contribution in [0.2, 0.25) is 0 Å². The fourth-order valence-corrected chi connectivity index (χ4v) is 4.44. The van der Waals surface area contributed by atoms with E-state index in [-0.39, 0.29) is 6.61 Å². The van der Waals surface area contributed by atoms with Crippen molar-refractivity contribution >= 4 is 7.82 Å². The highest BCUT2D eigenvalue weighted by atomic mass is 31.2. The highest BCUT2D eigenvalue weighted by Crippen LogP contribution is 2.68. The summed E-state index contributed by atoms with van der Waals surface area (Å²) < 4.78 is 524. The van der Waals surface area contributed by atoms with E-state index in [0.717, 1.165) is 0 Å². The number of phosphoric acid groups is 1. The number of halogens is 38. The molecule has 0 heterocycles. The Kier molecular flexibility index (Phi) is 19.0. The number of rotatable bonds is 23. The van der Waals surface area contributed by atoms with Crippen LogP contribution in [0.25, 0.3) is 0 Å². The zero-order valence-electron chi connectivity index (χ0n) is 32.5. The molecule has 0 atom stereocenters. The lowest BCUT2D eigenvalue weighted by molar-refractivity contribution is -0.468. The number of aliphatic hydroxyl groups excluding tert-OH is 1. The molecule has 0 saturated carbocycles. The van der Waals surface area contributed by atoms with Crippen LogP contribution >= 0.6 is 7.82 Å². The number of hydrogen-bond acceptors (Lipinski definition) is 5. The smallest absolute Gasteiger partial charge is 0.394 e. The molecule has 0 rings (SSSR count). The summed E-state index contributed by atoms with van der Waals surface area (Å²) in [6.45, 7) is -2.88. The summed E-state index contributed by atoms with van der Waals surface area (Å²) in [6, 6.07) is 0. The molecule has 71 heavy (non-hydrogen) atoms. The van der Waals surface area contributed by atoms with Crippen molar-refractivity contribution in [2.24, 2.45) is 5.73 Å². The lowest BCUT2D eigenvalue weighted by Crippen LogP contribution is -2.75. The van der Waals surface area contributed by atoms with Gasteiger partial charge in [0.05, 0.1) is 19.8 Å². The van der Waals surface area contributed by atoms with E-state index in [0.29, 0.717) is 0 Å². The number of aliphatic hydroxyl groups is 1. The molecule has 0 unspecified atom stereocenters. The van der Waals surface area contributed by atoms with Crippen LogP contribution in [0.1, 0.15) is 26.7 Å². The normalized spacial score (nSPS) is 16.5. The Hall–Kier alpha value is -2.63. The predicted molar refractivity (Wildman–Crippen MR) is 148 cm³/mol. The average Bonchev–Trinajstić information content (AvgIpc) is 3.12. The second-order valence-electron chi connectivity index (χ2n) is 14.2. The second kappa shape index (κ2) is 19.2. The van der Waals surface area contributed by atoms with Crippen molar-refractivity contribution in [1.29, 1.82) is 0 Å². The van der Waals surface area contributed by atoms with E-state index in [1.165, 1.54) is 0 Å². The summed E-state index contributed by atoms with van der Waals surface area (Å²) >= 11 is 0. The number of hydrogen-bond donors (Lipinski definition) is 3. The molecule has 0 radical (unpaired) electrons. The number of alkyl halides is 38. The molecule has 0 fully saturated rings. The van der Waals surface area contributed by atoms with Gasteiger partial charge in [-0.25, -0.2) is 4.57 Å². The zero-order valence-corrected chi connectivity index (χ0v) is 33.4. The van der Waals surface area contributed by atoms with Crippen molar-refractivity contribution in [3.05, 3.63) is 0 Å². The molecular weight excluding hydrogens is 1160 g/mol. The first-order chi connectivity index (χ1) is 30.0. The first-order valence-electron chi connectivity index (χ1n) is 16.2. The van der Waals surface area contributed by atoms with Crippen LogP contribution < -0.4 is 5.73 Å². The highest BCUT2D eigenvalue weighted by Gasteiger charge is 2.98. The third kappa shape index (κ3) is 11.2. The maximum Gasteiger partial charge on any atom is 0.472 e. The van der Waals surface area contributed by atoms with Gasteiger partial charge in [-0.15, -0.1) is 0 Å². The maximum absolute atomic E-state index is 13.9. The van der Waals surface area contributed by atoms with E-state index in [9.17, 15) is 171 Å². The minimum Gasteiger partial charge on any atom is -0.394 e. The number of phosphoric ester groups is 1. The van der Waals surface area contributed by atoms with E-state index in [2.05, 4.69) is 9.05 Å². The van der Waals surface area contributed by atoms with Gasteiger partial charge in [-0.3, -0.25) is 9.05 Å². The van der Waals surface area contributed by atoms with E-state index in [4.69, 9.17) is 15.7 Å². The van der Waals surface area contributed by atoms with Crippen molar-refractivity contribution < 1.29 is 190 Å². The van der Waals surface area contributed by atoms with E-state index in [1.54, 1.807) is 13.8 Å². The topological polar surface area (TPSA) is 102 Å². The van der Waals surface area contributed by atoms with Gasteiger partial charge in [-0.2, -0.15) is 167 Å². The highest BCUT2D eigenvalue weighted by molar-refractivity contribution is 7.47. The fourth-order valence-electron chi connectivity index (χ4n) is 3.72. The Morgan fingerprint density at radius 1 is 0.338 bits per heavy atom. The Morgan fingerprint density at radius 3 is 0.620 bits per heavy atom. The standard InChI is InChI=1S/C22H9F38O4P.C4H11NO/c23-5(24,7(27,28)9(31,32)11(35,36)13(39,40)15(43,44)17(47,48)19(51,52)21(55,56)57)1-3-63-65(61,62)64-4-2-6(25,26)8(29,30)10(33,34)12(37,38)14(41,42)16(45,46)18(49,50)20(53,54)22(58,59)60;1-4(2,5)3-6/h1-4H2,(H,61,62);6H,3,5H2,1-2H3. The van der Waals surface area contributed by atoms with Crippen LogP contribution in [0.3, 0.4) is 0 Å². The largest absolute Gasteiger partial charge is 0.472 e. The second-order valence-corrected chi connectivity index (χ2v) is 15.7. The van der Waals surface area contributed by atoms with Crippen LogP contribution in [0.5, 0.6) is 0 Å². The molecule has 4 N–H and O–H groups in total. The van der Waals surface area contributed by atoms with Gasteiger partial charge < -0.3 is 15.7 Å². The molecule has 0 aliphatic rings. The third-order valence-electron chi connectivity index (χ3n) is 8.11. The van der Waals surface area contributed by atoms with Gasteiger partial charge in [-0.1, -0.05) is 0 Å². The van der Waals surface area contributed by atoms with Gasteiger partial charge in [0.2, 0.25) is 0 Å². The first kappa shape index (κ1) is 70.4. The Morgan fingerprint density at radius 2 is 0.479 bits per heavy atom. The maximum atomic E-state index is 13.9. The fraction of sp³-hybridized carbons (Fsp3) is 1.00. The molecule has 0 amide bonds. The summed E-state index contributed by atoms with van der Waals surface area (Å²) in [5.74, 6) is -142. The van der Waals surface area contributed by atoms with Crippen LogP contribution in [-0.2, 0) is 13.6 Å². The molecule has 0 aliphatic heterocycles. The minimum absolute atomic E-state index is 0.0486. The van der Waals surface area contributed by atoms with Gasteiger partial charge in [0.1, 0.15) is 0 Å². The molecule has 0 aromatic heterocycles. The monoisotopic (exact) mass is 1180 g/mol. The van der Waals surface area contributed by atoms with Gasteiger partial charge in [0.25, 0.3) is 0 Å². The van der Waals surface area contributed by atoms with Crippen molar-refractivity contribution in [2.45, 2.75) is 139 Å². The average molecular weight is 1180 g/mol. The van der Waals surface area contributed by atoms with Crippen molar-refractivity contribution in [3.8, 4) is 0 Å². The van der Waals surface area contributed by atoms with Gasteiger partial charge in [-0.05, 0) is 13.8 Å². The molecule has 0 aromatic carbocycles. The minimum atomic E-state index is -9.42. The molecule has 45 heteroatoms. The Labute approximate surface area is 364 Å². The first-order valence-corrected chi connectivity index (χ1v) is 17.7. The molecular formula is C26H20F38NO5P. The molecule has 0 bridgehead atoms. The van der Waals surface area contributed by atoms with E-state index < -0.39 is 147 Å². The van der Waals surface area contributed by atoms with E-state index in [1.807, 2.05) is 0 Å². The summed E-state index contributed by atoms with van der Waals surface area (Å²) in [6.07, 6.45) is -24.2. The summed E-state index contributed by atoms with van der Waals surface area (Å²) in [4.78, 5) is 9.00. The quantitative estimate of drug-likeness (QED) is 0.0696. The van der Waals surface area contributed by atoms with E-state index >= 15 is 0 Å². The third-order valence-corrected chi connectivity index (χ3v) is 9.13. The molecule has 430 valence electrons. The summed E-state index contributed by atoms with van der Waals surface area (Å²) in [5.41, 5.74) is 4.88. The Bertz CT molecular complexity index is 1730. The molecule has 0 aliphatic carbocycles. The van der Waals surface area contributed by atoms with Crippen LogP contribution in [0, 0.1) is 0 Å². The number of nitrogens with two attached hydrogens (primary N) is 1. The van der Waals surface area contributed by atoms with Crippen LogP contribution in [0.15, 0.2) is 0 Å². The van der Waals surface area contributed by atoms with Gasteiger partial charge in [0, 0.05) is 18.4 Å². The van der Waals surface area contributed by atoms with Crippen molar-refractivity contribution in [1.82, 2.24) is 0 Å². The van der Waals surface area contributed by atoms with Crippen LogP contribution in [-0.4, -0.2) is 142 Å². The van der Waals surface area contributed by atoms with Gasteiger partial charge in [0.15, 0.2) is 0 Å².